The van der Waals surface area contributed by atoms with Crippen molar-refractivity contribution in [3.05, 3.63) is 42.2 Å². The van der Waals surface area contributed by atoms with Crippen LogP contribution in [0.1, 0.15) is 12.5 Å². The normalized spacial score (nSPS) is 11.2. The van der Waals surface area contributed by atoms with E-state index in [1.165, 1.54) is 5.56 Å². The fourth-order valence-electron chi connectivity index (χ4n) is 1.62. The number of benzene rings is 1. The number of azo groups is 1. The summed E-state index contributed by atoms with van der Waals surface area (Å²) in [6, 6.07) is 8.15. The average Bonchev–Trinajstić information content (AvgIpc) is 2.67. The van der Waals surface area contributed by atoms with Crippen LogP contribution >= 0.6 is 0 Å². The number of hydrogen-bond acceptors (Lipinski definition) is 2. The van der Waals surface area contributed by atoms with Crippen molar-refractivity contribution in [3.8, 4) is 0 Å². The van der Waals surface area contributed by atoms with E-state index in [4.69, 9.17) is 0 Å². The standard InChI is InChI=1S/C13H17N4/c1-4-11-5-7-12(8-6-11)14-15-13-16(2)9-10-17(13)3/h5-10H,4H2,1-3H3/q+1. The van der Waals surface area contributed by atoms with Crippen LogP contribution in [-0.2, 0) is 20.5 Å². The van der Waals surface area contributed by atoms with E-state index in [1.807, 2.05) is 47.8 Å². The summed E-state index contributed by atoms with van der Waals surface area (Å²) in [6.45, 7) is 2.14. The lowest BCUT2D eigenvalue weighted by Gasteiger charge is -1.94. The molecule has 1 aromatic carbocycles. The zero-order valence-corrected chi connectivity index (χ0v) is 10.5. The highest BCUT2D eigenvalue weighted by atomic mass is 15.3. The first-order chi connectivity index (χ1) is 8.20. The molecule has 0 amide bonds. The zero-order chi connectivity index (χ0) is 12.3. The Labute approximate surface area is 101 Å². The molecule has 0 saturated carbocycles. The lowest BCUT2D eigenvalue weighted by Crippen LogP contribution is -2.25. The Morgan fingerprint density at radius 1 is 1.18 bits per heavy atom. The molecule has 0 spiro atoms. The largest absolute Gasteiger partial charge is 0.421 e. The molecule has 1 aromatic heterocycles. The Morgan fingerprint density at radius 3 is 2.41 bits per heavy atom. The van der Waals surface area contributed by atoms with E-state index < -0.39 is 0 Å². The molecule has 0 radical (unpaired) electrons. The summed E-state index contributed by atoms with van der Waals surface area (Å²) in [5.41, 5.74) is 2.19. The Kier molecular flexibility index (Phi) is 3.32. The summed E-state index contributed by atoms with van der Waals surface area (Å²) in [4.78, 5) is 0. The van der Waals surface area contributed by atoms with Gasteiger partial charge in [-0.05, 0) is 24.1 Å². The first kappa shape index (κ1) is 11.5. The Hall–Kier alpha value is -1.97. The van der Waals surface area contributed by atoms with Gasteiger partial charge in [-0.15, -0.1) is 0 Å². The Balaban J connectivity index is 2.20. The molecule has 0 N–H and O–H groups in total. The van der Waals surface area contributed by atoms with Gasteiger partial charge in [-0.3, -0.25) is 0 Å². The van der Waals surface area contributed by atoms with Crippen LogP contribution in [0.5, 0.6) is 0 Å². The molecule has 0 atom stereocenters. The average molecular weight is 229 g/mol. The first-order valence-electron chi connectivity index (χ1n) is 5.72. The SMILES string of the molecule is CCc1ccc(N=Nc2n(C)cc[n+]2C)cc1. The third-order valence-corrected chi connectivity index (χ3v) is 2.74. The third-order valence-electron chi connectivity index (χ3n) is 2.74. The summed E-state index contributed by atoms with van der Waals surface area (Å²) in [5, 5.41) is 8.47. The molecule has 0 saturated heterocycles. The number of hydrogen-bond donors (Lipinski definition) is 0. The maximum Gasteiger partial charge on any atom is 0.421 e. The molecule has 4 heteroatoms. The van der Waals surface area contributed by atoms with Crippen molar-refractivity contribution >= 4 is 11.6 Å². The predicted octanol–water partition coefficient (Wildman–Crippen LogP) is 2.83. The lowest BCUT2D eigenvalue weighted by atomic mass is 10.2. The van der Waals surface area contributed by atoms with Crippen LogP contribution in [0.2, 0.25) is 0 Å². The molecule has 88 valence electrons. The van der Waals surface area contributed by atoms with Crippen LogP contribution in [0.3, 0.4) is 0 Å². The molecule has 0 unspecified atom stereocenters. The van der Waals surface area contributed by atoms with Crippen molar-refractivity contribution in [3.63, 3.8) is 0 Å². The minimum atomic E-state index is 0.824. The molecule has 2 aromatic rings. The van der Waals surface area contributed by atoms with Gasteiger partial charge in [0.15, 0.2) is 0 Å². The van der Waals surface area contributed by atoms with Gasteiger partial charge in [0, 0.05) is 5.11 Å². The van der Waals surface area contributed by atoms with E-state index in [-0.39, 0.29) is 0 Å². The molecular formula is C13H17N4+. The lowest BCUT2D eigenvalue weighted by molar-refractivity contribution is -0.657. The Bertz CT molecular complexity index is 503. The topological polar surface area (TPSA) is 33.5 Å². The molecule has 4 nitrogen and oxygen atoms in total. The van der Waals surface area contributed by atoms with Crippen molar-refractivity contribution in [2.45, 2.75) is 13.3 Å². The van der Waals surface area contributed by atoms with Gasteiger partial charge in [0.2, 0.25) is 0 Å². The second-order valence-electron chi connectivity index (χ2n) is 4.04. The van der Waals surface area contributed by atoms with E-state index in [9.17, 15) is 0 Å². The van der Waals surface area contributed by atoms with E-state index in [1.54, 1.807) is 0 Å². The van der Waals surface area contributed by atoms with Crippen molar-refractivity contribution in [2.24, 2.45) is 24.3 Å². The van der Waals surface area contributed by atoms with Crippen LogP contribution in [0, 0.1) is 0 Å². The second-order valence-corrected chi connectivity index (χ2v) is 4.04. The van der Waals surface area contributed by atoms with Crippen LogP contribution in [0.4, 0.5) is 11.6 Å². The predicted molar refractivity (Wildman–Crippen MR) is 66.6 cm³/mol. The smallest absolute Gasteiger partial charge is 0.233 e. The van der Waals surface area contributed by atoms with E-state index in [2.05, 4.69) is 29.3 Å². The van der Waals surface area contributed by atoms with E-state index in [0.717, 1.165) is 18.1 Å². The molecule has 0 aliphatic rings. The van der Waals surface area contributed by atoms with E-state index >= 15 is 0 Å². The van der Waals surface area contributed by atoms with Gasteiger partial charge in [-0.25, -0.2) is 9.13 Å². The first-order valence-corrected chi connectivity index (χ1v) is 5.72. The van der Waals surface area contributed by atoms with Crippen molar-refractivity contribution in [1.29, 1.82) is 0 Å². The van der Waals surface area contributed by atoms with Gasteiger partial charge in [0.05, 0.1) is 26.5 Å². The van der Waals surface area contributed by atoms with Crippen LogP contribution in [-0.4, -0.2) is 4.57 Å². The van der Waals surface area contributed by atoms with E-state index in [0.29, 0.717) is 0 Å². The van der Waals surface area contributed by atoms with Gasteiger partial charge in [0.1, 0.15) is 5.69 Å². The van der Waals surface area contributed by atoms with Gasteiger partial charge < -0.3 is 0 Å². The number of imidazole rings is 1. The minimum Gasteiger partial charge on any atom is -0.233 e. The van der Waals surface area contributed by atoms with Crippen LogP contribution < -0.4 is 4.57 Å². The maximum absolute atomic E-state index is 4.24. The fourth-order valence-corrected chi connectivity index (χ4v) is 1.62. The molecule has 0 aliphatic carbocycles. The summed E-state index contributed by atoms with van der Waals surface area (Å²) in [6.07, 6.45) is 4.95. The summed E-state index contributed by atoms with van der Waals surface area (Å²) in [7, 11) is 3.91. The molecule has 2 rings (SSSR count). The number of aryl methyl sites for hydroxylation is 3. The van der Waals surface area contributed by atoms with Gasteiger partial charge in [-0.2, -0.15) is 0 Å². The molecule has 17 heavy (non-hydrogen) atoms. The quantitative estimate of drug-likeness (QED) is 0.573. The van der Waals surface area contributed by atoms with Crippen LogP contribution in [0.15, 0.2) is 46.9 Å². The van der Waals surface area contributed by atoms with Crippen molar-refractivity contribution < 1.29 is 4.57 Å². The highest BCUT2D eigenvalue weighted by Gasteiger charge is 2.09. The van der Waals surface area contributed by atoms with Crippen LogP contribution in [0.25, 0.3) is 0 Å². The summed E-state index contributed by atoms with van der Waals surface area (Å²) in [5.74, 6) is 0.824. The van der Waals surface area contributed by atoms with Crippen molar-refractivity contribution in [2.75, 3.05) is 0 Å². The summed E-state index contributed by atoms with van der Waals surface area (Å²) < 4.78 is 3.87. The highest BCUT2D eigenvalue weighted by Crippen LogP contribution is 2.16. The molecule has 0 fully saturated rings. The fraction of sp³-hybridized carbons (Fsp3) is 0.308. The number of nitrogens with zero attached hydrogens (tertiary/aromatic N) is 4. The highest BCUT2D eigenvalue weighted by molar-refractivity contribution is 5.38. The van der Waals surface area contributed by atoms with Gasteiger partial charge in [-0.1, -0.05) is 24.2 Å². The second kappa shape index (κ2) is 4.91. The van der Waals surface area contributed by atoms with Gasteiger partial charge in [0.25, 0.3) is 0 Å². The molecule has 0 aliphatic heterocycles. The molecule has 0 bridgehead atoms. The number of rotatable bonds is 3. The molecule has 1 heterocycles. The maximum atomic E-state index is 4.24. The Morgan fingerprint density at radius 2 is 1.88 bits per heavy atom. The minimum absolute atomic E-state index is 0.824. The van der Waals surface area contributed by atoms with Gasteiger partial charge >= 0.3 is 5.95 Å². The third kappa shape index (κ3) is 2.58. The van der Waals surface area contributed by atoms with Crippen molar-refractivity contribution in [1.82, 2.24) is 4.57 Å². The molecular weight excluding hydrogens is 212 g/mol. The summed E-state index contributed by atoms with van der Waals surface area (Å²) >= 11 is 0. The monoisotopic (exact) mass is 229 g/mol. The zero-order valence-electron chi connectivity index (χ0n) is 10.5. The number of aromatic nitrogens is 2.